The first-order chi connectivity index (χ1) is 9.26. The van der Waals surface area contributed by atoms with Crippen LogP contribution in [0.1, 0.15) is 27.2 Å². The van der Waals surface area contributed by atoms with E-state index in [9.17, 15) is 13.2 Å². The summed E-state index contributed by atoms with van der Waals surface area (Å²) < 4.78 is 26.5. The zero-order valence-corrected chi connectivity index (χ0v) is 13.3. The predicted octanol–water partition coefficient (Wildman–Crippen LogP) is 1.92. The van der Waals surface area contributed by atoms with Crippen molar-refractivity contribution in [2.45, 2.75) is 44.2 Å². The normalized spacial score (nSPS) is 14.6. The summed E-state index contributed by atoms with van der Waals surface area (Å²) in [5.74, 6) is -0.350. The minimum Gasteiger partial charge on any atom is -0.352 e. The Morgan fingerprint density at radius 2 is 1.80 bits per heavy atom. The third-order valence-electron chi connectivity index (χ3n) is 2.85. The second-order valence-corrected chi connectivity index (χ2v) is 6.77. The Morgan fingerprint density at radius 3 is 2.30 bits per heavy atom. The highest BCUT2D eigenvalue weighted by Crippen LogP contribution is 2.14. The van der Waals surface area contributed by atoms with Gasteiger partial charge in [-0.1, -0.05) is 18.5 Å². The summed E-state index contributed by atoms with van der Waals surface area (Å²) in [5.41, 5.74) is 0. The summed E-state index contributed by atoms with van der Waals surface area (Å²) in [5, 5.41) is 3.18. The van der Waals surface area contributed by atoms with Crippen molar-refractivity contribution >= 4 is 27.5 Å². The summed E-state index contributed by atoms with van der Waals surface area (Å²) in [6.45, 7) is 5.30. The summed E-state index contributed by atoms with van der Waals surface area (Å²) in [6, 6.07) is 4.92. The van der Waals surface area contributed by atoms with Crippen LogP contribution in [-0.2, 0) is 14.8 Å². The van der Waals surface area contributed by atoms with Crippen molar-refractivity contribution in [3.8, 4) is 0 Å². The standard InChI is InChI=1S/C13H19ClN2O3S/c1-4-9(2)15-13(17)10(3)16-20(18,19)12-7-5-11(14)6-8-12/h5-10,16H,4H2,1-3H3,(H,15,17)/t9-,10-/m0/s1. The monoisotopic (exact) mass is 318 g/mol. The van der Waals surface area contributed by atoms with E-state index in [0.29, 0.717) is 5.02 Å². The summed E-state index contributed by atoms with van der Waals surface area (Å²) in [7, 11) is -3.73. The van der Waals surface area contributed by atoms with Gasteiger partial charge in [0.1, 0.15) is 0 Å². The maximum absolute atomic E-state index is 12.1. The highest BCUT2D eigenvalue weighted by Gasteiger charge is 2.22. The van der Waals surface area contributed by atoms with Gasteiger partial charge in [-0.25, -0.2) is 8.42 Å². The van der Waals surface area contributed by atoms with Crippen molar-refractivity contribution < 1.29 is 13.2 Å². The Bertz CT molecular complexity index is 557. The van der Waals surface area contributed by atoms with Crippen LogP contribution in [0.4, 0.5) is 0 Å². The molecule has 1 aromatic carbocycles. The molecule has 2 atom stereocenters. The molecule has 0 aliphatic heterocycles. The van der Waals surface area contributed by atoms with E-state index in [1.54, 1.807) is 0 Å². The molecule has 1 aromatic rings. The molecule has 0 aliphatic carbocycles. The maximum Gasteiger partial charge on any atom is 0.241 e. The predicted molar refractivity (Wildman–Crippen MR) is 79.1 cm³/mol. The van der Waals surface area contributed by atoms with Gasteiger partial charge >= 0.3 is 0 Å². The van der Waals surface area contributed by atoms with Crippen LogP contribution in [0.15, 0.2) is 29.2 Å². The maximum atomic E-state index is 12.1. The molecule has 7 heteroatoms. The van der Waals surface area contributed by atoms with Crippen LogP contribution in [0.25, 0.3) is 0 Å². The Morgan fingerprint density at radius 1 is 1.25 bits per heavy atom. The van der Waals surface area contributed by atoms with Gasteiger partial charge in [0.15, 0.2) is 0 Å². The molecule has 1 rings (SSSR count). The number of sulfonamides is 1. The molecule has 0 spiro atoms. The molecule has 0 aromatic heterocycles. The van der Waals surface area contributed by atoms with Gasteiger partial charge in [-0.3, -0.25) is 4.79 Å². The topological polar surface area (TPSA) is 75.3 Å². The molecular formula is C13H19ClN2O3S. The number of amides is 1. The Labute approximate surface area is 124 Å². The van der Waals surface area contributed by atoms with Crippen molar-refractivity contribution in [3.63, 3.8) is 0 Å². The van der Waals surface area contributed by atoms with Gasteiger partial charge < -0.3 is 5.32 Å². The SMILES string of the molecule is CC[C@H](C)NC(=O)[C@H](C)NS(=O)(=O)c1ccc(Cl)cc1. The van der Waals surface area contributed by atoms with Crippen LogP contribution in [0.2, 0.25) is 5.02 Å². The first-order valence-electron chi connectivity index (χ1n) is 6.34. The fraction of sp³-hybridized carbons (Fsp3) is 0.462. The Balaban J connectivity index is 2.75. The molecule has 0 radical (unpaired) electrons. The van der Waals surface area contributed by atoms with E-state index < -0.39 is 16.1 Å². The zero-order chi connectivity index (χ0) is 15.3. The molecule has 0 saturated carbocycles. The van der Waals surface area contributed by atoms with Gasteiger partial charge in [0.05, 0.1) is 10.9 Å². The molecule has 112 valence electrons. The van der Waals surface area contributed by atoms with Gasteiger partial charge in [0, 0.05) is 11.1 Å². The van der Waals surface area contributed by atoms with Crippen LogP contribution >= 0.6 is 11.6 Å². The van der Waals surface area contributed by atoms with Gasteiger partial charge in [-0.05, 0) is 44.5 Å². The average molecular weight is 319 g/mol. The number of carbonyl (C=O) groups is 1. The van der Waals surface area contributed by atoms with E-state index in [1.165, 1.54) is 31.2 Å². The van der Waals surface area contributed by atoms with Gasteiger partial charge in [0.2, 0.25) is 15.9 Å². The molecule has 1 amide bonds. The number of carbonyl (C=O) groups excluding carboxylic acids is 1. The van der Waals surface area contributed by atoms with Crippen LogP contribution in [0.5, 0.6) is 0 Å². The number of hydrogen-bond donors (Lipinski definition) is 2. The van der Waals surface area contributed by atoms with Gasteiger partial charge in [-0.2, -0.15) is 4.72 Å². The van der Waals surface area contributed by atoms with Crippen molar-refractivity contribution in [1.82, 2.24) is 10.0 Å². The molecule has 20 heavy (non-hydrogen) atoms. The van der Waals surface area contributed by atoms with E-state index >= 15 is 0 Å². The van der Waals surface area contributed by atoms with E-state index in [1.807, 2.05) is 13.8 Å². The fourth-order valence-electron chi connectivity index (χ4n) is 1.44. The van der Waals surface area contributed by atoms with Crippen LogP contribution < -0.4 is 10.0 Å². The first-order valence-corrected chi connectivity index (χ1v) is 8.20. The fourth-order valence-corrected chi connectivity index (χ4v) is 2.77. The van der Waals surface area contributed by atoms with Crippen LogP contribution in [-0.4, -0.2) is 26.4 Å². The van der Waals surface area contributed by atoms with Crippen molar-refractivity contribution in [2.75, 3.05) is 0 Å². The van der Waals surface area contributed by atoms with E-state index in [4.69, 9.17) is 11.6 Å². The average Bonchev–Trinajstić information content (AvgIpc) is 2.38. The van der Waals surface area contributed by atoms with E-state index in [0.717, 1.165) is 6.42 Å². The number of nitrogens with one attached hydrogen (secondary N) is 2. The molecule has 0 aliphatic rings. The lowest BCUT2D eigenvalue weighted by Crippen LogP contribution is -2.47. The lowest BCUT2D eigenvalue weighted by atomic mass is 10.2. The van der Waals surface area contributed by atoms with E-state index in [-0.39, 0.29) is 16.8 Å². The highest BCUT2D eigenvalue weighted by molar-refractivity contribution is 7.89. The van der Waals surface area contributed by atoms with E-state index in [2.05, 4.69) is 10.0 Å². The second kappa shape index (κ2) is 7.06. The highest BCUT2D eigenvalue weighted by atomic mass is 35.5. The minimum atomic E-state index is -3.73. The minimum absolute atomic E-state index is 0.00462. The number of hydrogen-bond acceptors (Lipinski definition) is 3. The zero-order valence-electron chi connectivity index (χ0n) is 11.7. The molecule has 0 saturated heterocycles. The van der Waals surface area contributed by atoms with Crippen molar-refractivity contribution in [2.24, 2.45) is 0 Å². The first kappa shape index (κ1) is 16.9. The number of rotatable bonds is 6. The summed E-state index contributed by atoms with van der Waals surface area (Å²) in [6.07, 6.45) is 0.780. The second-order valence-electron chi connectivity index (χ2n) is 4.61. The van der Waals surface area contributed by atoms with Crippen LogP contribution in [0, 0.1) is 0 Å². The lowest BCUT2D eigenvalue weighted by Gasteiger charge is -2.17. The molecule has 5 nitrogen and oxygen atoms in total. The Kier molecular flexibility index (Phi) is 5.98. The Hall–Kier alpha value is -1.11. The van der Waals surface area contributed by atoms with Crippen molar-refractivity contribution in [3.05, 3.63) is 29.3 Å². The molecule has 2 N–H and O–H groups in total. The lowest BCUT2D eigenvalue weighted by molar-refractivity contribution is -0.122. The van der Waals surface area contributed by atoms with Gasteiger partial charge in [-0.15, -0.1) is 0 Å². The summed E-state index contributed by atoms with van der Waals surface area (Å²) in [4.78, 5) is 11.9. The molecule has 0 bridgehead atoms. The third-order valence-corrected chi connectivity index (χ3v) is 4.66. The van der Waals surface area contributed by atoms with Crippen molar-refractivity contribution in [1.29, 1.82) is 0 Å². The van der Waals surface area contributed by atoms with Crippen LogP contribution in [0.3, 0.4) is 0 Å². The largest absolute Gasteiger partial charge is 0.352 e. The summed E-state index contributed by atoms with van der Waals surface area (Å²) >= 11 is 5.71. The number of halogens is 1. The molecule has 0 heterocycles. The van der Waals surface area contributed by atoms with Gasteiger partial charge in [0.25, 0.3) is 0 Å². The smallest absolute Gasteiger partial charge is 0.241 e. The molecule has 0 unspecified atom stereocenters. The quantitative estimate of drug-likeness (QED) is 0.841. The third kappa shape index (κ3) is 4.77. The number of benzene rings is 1. The molecule has 0 fully saturated rings. The molecular weight excluding hydrogens is 300 g/mol.